The first-order chi connectivity index (χ1) is 10.6. The largest absolute Gasteiger partial charge is 0.480 e. The van der Waals surface area contributed by atoms with E-state index in [9.17, 15) is 9.59 Å². The first kappa shape index (κ1) is 14.5. The Hall–Kier alpha value is -2.40. The third-order valence-corrected chi connectivity index (χ3v) is 4.22. The van der Waals surface area contributed by atoms with Gasteiger partial charge in [0.2, 0.25) is 5.91 Å². The van der Waals surface area contributed by atoms with Crippen LogP contribution in [0.2, 0.25) is 0 Å². The summed E-state index contributed by atoms with van der Waals surface area (Å²) in [6, 6.07) is 12.4. The van der Waals surface area contributed by atoms with Crippen molar-refractivity contribution in [1.82, 2.24) is 4.90 Å². The number of carbonyl (C=O) groups excluding carboxylic acids is 1. The van der Waals surface area contributed by atoms with E-state index in [0.29, 0.717) is 19.4 Å². The van der Waals surface area contributed by atoms with Gasteiger partial charge in [-0.25, -0.2) is 4.79 Å². The van der Waals surface area contributed by atoms with Crippen molar-refractivity contribution in [2.24, 2.45) is 5.73 Å². The van der Waals surface area contributed by atoms with Gasteiger partial charge in [-0.05, 0) is 29.2 Å². The molecule has 5 nitrogen and oxygen atoms in total. The lowest BCUT2D eigenvalue weighted by atomic mass is 9.96. The van der Waals surface area contributed by atoms with Crippen LogP contribution in [-0.2, 0) is 16.0 Å². The minimum absolute atomic E-state index is 0.286. The van der Waals surface area contributed by atoms with E-state index in [-0.39, 0.29) is 5.91 Å². The predicted molar refractivity (Wildman–Crippen MR) is 83.4 cm³/mol. The van der Waals surface area contributed by atoms with Gasteiger partial charge >= 0.3 is 5.97 Å². The third kappa shape index (κ3) is 2.55. The smallest absolute Gasteiger partial charge is 0.326 e. The fourth-order valence-corrected chi connectivity index (χ4v) is 2.92. The van der Waals surface area contributed by atoms with E-state index in [4.69, 9.17) is 10.8 Å². The number of hydrogen-bond acceptors (Lipinski definition) is 3. The Morgan fingerprint density at radius 3 is 2.64 bits per heavy atom. The van der Waals surface area contributed by atoms with E-state index in [1.165, 1.54) is 4.90 Å². The molecule has 0 bridgehead atoms. The van der Waals surface area contributed by atoms with Crippen LogP contribution in [0, 0.1) is 0 Å². The summed E-state index contributed by atoms with van der Waals surface area (Å²) in [5.41, 5.74) is 7.03. The Labute approximate surface area is 128 Å². The quantitative estimate of drug-likeness (QED) is 0.893. The molecule has 1 heterocycles. The van der Waals surface area contributed by atoms with E-state index in [0.717, 1.165) is 16.3 Å². The van der Waals surface area contributed by atoms with Gasteiger partial charge in [0.25, 0.3) is 0 Å². The predicted octanol–water partition coefficient (Wildman–Crippen LogP) is 1.40. The number of likely N-dealkylation sites (tertiary alicyclic amines) is 1. The molecule has 2 unspecified atom stereocenters. The molecule has 0 spiro atoms. The van der Waals surface area contributed by atoms with Gasteiger partial charge in [0.1, 0.15) is 6.04 Å². The molecule has 22 heavy (non-hydrogen) atoms. The maximum absolute atomic E-state index is 12.3. The average Bonchev–Trinajstić information content (AvgIpc) is 2.45. The highest BCUT2D eigenvalue weighted by atomic mass is 16.4. The van der Waals surface area contributed by atoms with E-state index >= 15 is 0 Å². The van der Waals surface area contributed by atoms with Crippen LogP contribution in [0.25, 0.3) is 10.8 Å². The van der Waals surface area contributed by atoms with Crippen molar-refractivity contribution >= 4 is 22.6 Å². The molecule has 3 rings (SSSR count). The minimum Gasteiger partial charge on any atom is -0.480 e. The zero-order chi connectivity index (χ0) is 15.7. The Morgan fingerprint density at radius 1 is 1.23 bits per heavy atom. The Bertz CT molecular complexity index is 723. The van der Waals surface area contributed by atoms with Crippen LogP contribution in [0.1, 0.15) is 12.0 Å². The van der Waals surface area contributed by atoms with Gasteiger partial charge in [0.05, 0.1) is 6.04 Å². The number of carboxylic acid groups (broad SMARTS) is 1. The molecule has 2 aromatic rings. The fraction of sp³-hybridized carbons (Fsp3) is 0.294. The van der Waals surface area contributed by atoms with Crippen molar-refractivity contribution in [2.45, 2.75) is 24.9 Å². The third-order valence-electron chi connectivity index (χ3n) is 4.22. The highest BCUT2D eigenvalue weighted by Crippen LogP contribution is 2.22. The lowest BCUT2D eigenvalue weighted by molar-refractivity contribution is -0.157. The van der Waals surface area contributed by atoms with E-state index < -0.39 is 18.1 Å². The number of benzene rings is 2. The molecule has 5 heteroatoms. The van der Waals surface area contributed by atoms with E-state index in [1.54, 1.807) is 0 Å². The van der Waals surface area contributed by atoms with Crippen molar-refractivity contribution in [3.63, 3.8) is 0 Å². The SMILES string of the molecule is NC(Cc1cccc2ccccc12)C(=O)N1CCC1C(=O)O. The van der Waals surface area contributed by atoms with Gasteiger partial charge in [-0.15, -0.1) is 0 Å². The van der Waals surface area contributed by atoms with Crippen molar-refractivity contribution in [3.05, 3.63) is 48.0 Å². The van der Waals surface area contributed by atoms with Gasteiger partial charge in [0.15, 0.2) is 0 Å². The van der Waals surface area contributed by atoms with Crippen molar-refractivity contribution in [2.75, 3.05) is 6.54 Å². The fourth-order valence-electron chi connectivity index (χ4n) is 2.92. The number of amides is 1. The zero-order valence-electron chi connectivity index (χ0n) is 12.1. The number of fused-ring (bicyclic) bond motifs is 1. The number of carbonyl (C=O) groups is 2. The van der Waals surface area contributed by atoms with Gasteiger partial charge in [0, 0.05) is 6.54 Å². The molecule has 1 aliphatic rings. The number of hydrogen-bond donors (Lipinski definition) is 2. The van der Waals surface area contributed by atoms with Crippen LogP contribution in [0.4, 0.5) is 0 Å². The molecule has 0 radical (unpaired) electrons. The molecule has 114 valence electrons. The normalized spacial score (nSPS) is 18.8. The number of carboxylic acids is 1. The lowest BCUT2D eigenvalue weighted by Gasteiger charge is -2.39. The molecule has 2 atom stereocenters. The van der Waals surface area contributed by atoms with Crippen molar-refractivity contribution in [3.8, 4) is 0 Å². The zero-order valence-corrected chi connectivity index (χ0v) is 12.1. The second kappa shape index (κ2) is 5.77. The molecular weight excluding hydrogens is 280 g/mol. The molecule has 3 N–H and O–H groups in total. The van der Waals surface area contributed by atoms with E-state index in [1.807, 2.05) is 42.5 Å². The second-order valence-corrected chi connectivity index (χ2v) is 5.62. The molecule has 1 fully saturated rings. The summed E-state index contributed by atoms with van der Waals surface area (Å²) in [6.45, 7) is 0.471. The molecule has 1 amide bonds. The summed E-state index contributed by atoms with van der Waals surface area (Å²) in [7, 11) is 0. The first-order valence-corrected chi connectivity index (χ1v) is 7.33. The van der Waals surface area contributed by atoms with Crippen molar-refractivity contribution < 1.29 is 14.7 Å². The standard InChI is InChI=1S/C17H18N2O3/c18-14(16(20)19-9-8-15(19)17(21)22)10-12-6-3-5-11-4-1-2-7-13(11)12/h1-7,14-15H,8-10,18H2,(H,21,22). The van der Waals surface area contributed by atoms with E-state index in [2.05, 4.69) is 0 Å². The van der Waals surface area contributed by atoms with Gasteiger partial charge in [-0.3, -0.25) is 4.79 Å². The molecule has 2 aromatic carbocycles. The molecule has 1 aliphatic heterocycles. The topological polar surface area (TPSA) is 83.6 Å². The Kier molecular flexibility index (Phi) is 3.81. The maximum atomic E-state index is 12.3. The molecule has 0 aromatic heterocycles. The van der Waals surface area contributed by atoms with Crippen LogP contribution in [0.15, 0.2) is 42.5 Å². The molecule has 0 saturated carbocycles. The summed E-state index contributed by atoms with van der Waals surface area (Å²) >= 11 is 0. The van der Waals surface area contributed by atoms with Gasteiger partial charge < -0.3 is 15.7 Å². The lowest BCUT2D eigenvalue weighted by Crippen LogP contribution is -2.59. The Balaban J connectivity index is 1.77. The monoisotopic (exact) mass is 298 g/mol. The van der Waals surface area contributed by atoms with Crippen LogP contribution in [-0.4, -0.2) is 40.5 Å². The Morgan fingerprint density at radius 2 is 1.95 bits per heavy atom. The maximum Gasteiger partial charge on any atom is 0.326 e. The summed E-state index contributed by atoms with van der Waals surface area (Å²) in [4.78, 5) is 24.7. The number of rotatable bonds is 4. The van der Waals surface area contributed by atoms with Crippen LogP contribution < -0.4 is 5.73 Å². The van der Waals surface area contributed by atoms with Crippen molar-refractivity contribution in [1.29, 1.82) is 0 Å². The summed E-state index contributed by atoms with van der Waals surface area (Å²) in [6.07, 6.45) is 0.908. The highest BCUT2D eigenvalue weighted by molar-refractivity contribution is 5.90. The highest BCUT2D eigenvalue weighted by Gasteiger charge is 2.39. The number of nitrogens with zero attached hydrogens (tertiary/aromatic N) is 1. The molecular formula is C17H18N2O3. The van der Waals surface area contributed by atoms with Crippen LogP contribution in [0.5, 0.6) is 0 Å². The minimum atomic E-state index is -0.961. The average molecular weight is 298 g/mol. The first-order valence-electron chi connectivity index (χ1n) is 7.33. The molecule has 1 saturated heterocycles. The van der Waals surface area contributed by atoms with Crippen LogP contribution >= 0.6 is 0 Å². The van der Waals surface area contributed by atoms with Gasteiger partial charge in [-0.1, -0.05) is 42.5 Å². The second-order valence-electron chi connectivity index (χ2n) is 5.62. The summed E-state index contributed by atoms with van der Waals surface area (Å²) in [5, 5.41) is 11.2. The van der Waals surface area contributed by atoms with Gasteiger partial charge in [-0.2, -0.15) is 0 Å². The molecule has 0 aliphatic carbocycles. The number of aliphatic carboxylic acids is 1. The van der Waals surface area contributed by atoms with Crippen LogP contribution in [0.3, 0.4) is 0 Å². The summed E-state index contributed by atoms with van der Waals surface area (Å²) in [5.74, 6) is -1.25. The number of nitrogens with two attached hydrogens (primary N) is 1. The summed E-state index contributed by atoms with van der Waals surface area (Å²) < 4.78 is 0.